The minimum Gasteiger partial charge on any atom is -0.454 e. The van der Waals surface area contributed by atoms with Crippen LogP contribution in [-0.2, 0) is 16.0 Å². The van der Waals surface area contributed by atoms with Crippen molar-refractivity contribution in [1.29, 1.82) is 0 Å². The van der Waals surface area contributed by atoms with E-state index in [1.54, 1.807) is 6.07 Å². The average Bonchev–Trinajstić information content (AvgIpc) is 3.61. The van der Waals surface area contributed by atoms with Gasteiger partial charge in [-0.3, -0.25) is 4.79 Å². The lowest BCUT2D eigenvalue weighted by molar-refractivity contribution is -0.123. The van der Waals surface area contributed by atoms with Gasteiger partial charge in [0.25, 0.3) is 0 Å². The number of hydrogen-bond acceptors (Lipinski definition) is 7. The third-order valence-corrected chi connectivity index (χ3v) is 6.87. The molecule has 1 aromatic heterocycles. The smallest absolute Gasteiger partial charge is 0.454 e. The van der Waals surface area contributed by atoms with Gasteiger partial charge in [0, 0.05) is 30.2 Å². The van der Waals surface area contributed by atoms with Gasteiger partial charge in [0.1, 0.15) is 6.04 Å². The molecule has 6 N–H and O–H groups in total. The Kier molecular flexibility index (Phi) is 10.5. The Morgan fingerprint density at radius 3 is 2.62 bits per heavy atom. The van der Waals surface area contributed by atoms with E-state index in [0.717, 1.165) is 22.0 Å². The summed E-state index contributed by atoms with van der Waals surface area (Å²) in [4.78, 5) is 51.2. The first-order valence-corrected chi connectivity index (χ1v) is 13.8. The Morgan fingerprint density at radius 2 is 1.81 bits per heavy atom. The molecule has 0 spiro atoms. The summed E-state index contributed by atoms with van der Waals surface area (Å²) in [5.74, 6) is 0.925. The van der Waals surface area contributed by atoms with Crippen LogP contribution in [0.3, 0.4) is 0 Å². The second-order valence-corrected chi connectivity index (χ2v) is 9.72. The fourth-order valence-corrected chi connectivity index (χ4v) is 4.74. The van der Waals surface area contributed by atoms with Crippen molar-refractivity contribution in [2.24, 2.45) is 0 Å². The minimum atomic E-state index is -1.70. The highest BCUT2D eigenvalue weighted by atomic mass is 16.7. The SMILES string of the molecule is CC[C@H](NC(=O)N[C@@H](CCCCNC(=O)OC(=O)O)C(=O)NCCc1c[nH]c2ccccc12)c1ccc2c(c1)OCO2. The number of rotatable bonds is 13. The number of carboxylic acid groups (broad SMARTS) is 1. The number of amides is 4. The topological polar surface area (TPSA) is 180 Å². The van der Waals surface area contributed by atoms with Gasteiger partial charge in [0.05, 0.1) is 6.04 Å². The summed E-state index contributed by atoms with van der Waals surface area (Å²) in [7, 11) is 0. The first-order valence-electron chi connectivity index (χ1n) is 13.8. The maximum Gasteiger partial charge on any atom is 0.514 e. The van der Waals surface area contributed by atoms with Gasteiger partial charge in [-0.25, -0.2) is 14.4 Å². The summed E-state index contributed by atoms with van der Waals surface area (Å²) >= 11 is 0. The van der Waals surface area contributed by atoms with Gasteiger partial charge in [-0.1, -0.05) is 31.2 Å². The molecule has 0 saturated carbocycles. The van der Waals surface area contributed by atoms with Crippen LogP contribution in [0.5, 0.6) is 11.5 Å². The van der Waals surface area contributed by atoms with Crippen LogP contribution < -0.4 is 30.7 Å². The van der Waals surface area contributed by atoms with Crippen LogP contribution in [-0.4, -0.2) is 60.2 Å². The highest BCUT2D eigenvalue weighted by molar-refractivity contribution is 5.87. The normalized spacial score (nSPS) is 13.2. The number of carbonyl (C=O) groups excluding carboxylic acids is 3. The molecular formula is C29H35N5O8. The molecule has 1 aliphatic rings. The maximum absolute atomic E-state index is 13.2. The largest absolute Gasteiger partial charge is 0.514 e. The summed E-state index contributed by atoms with van der Waals surface area (Å²) in [6, 6.07) is 11.7. The van der Waals surface area contributed by atoms with E-state index in [0.29, 0.717) is 50.1 Å². The third-order valence-electron chi connectivity index (χ3n) is 6.87. The molecule has 3 aromatic rings. The van der Waals surface area contributed by atoms with Crippen LogP contribution in [0.2, 0.25) is 0 Å². The second kappa shape index (κ2) is 14.6. The van der Waals surface area contributed by atoms with Gasteiger partial charge >= 0.3 is 18.3 Å². The van der Waals surface area contributed by atoms with Crippen molar-refractivity contribution in [2.45, 2.75) is 51.1 Å². The minimum absolute atomic E-state index is 0.148. The number of alkyl carbamates (subject to hydrolysis) is 1. The Morgan fingerprint density at radius 1 is 1.00 bits per heavy atom. The van der Waals surface area contributed by atoms with Gasteiger partial charge in [-0.15, -0.1) is 0 Å². The quantitative estimate of drug-likeness (QED) is 0.0997. The fraction of sp³-hybridized carbons (Fsp3) is 0.379. The third kappa shape index (κ3) is 8.29. The van der Waals surface area contributed by atoms with E-state index in [2.05, 4.69) is 31.0 Å². The average molecular weight is 582 g/mol. The predicted molar refractivity (Wildman–Crippen MR) is 152 cm³/mol. The van der Waals surface area contributed by atoms with Crippen molar-refractivity contribution in [3.63, 3.8) is 0 Å². The van der Waals surface area contributed by atoms with Crippen molar-refractivity contribution >= 4 is 35.1 Å². The molecule has 42 heavy (non-hydrogen) atoms. The Hall–Kier alpha value is -4.94. The molecule has 13 heteroatoms. The highest BCUT2D eigenvalue weighted by Gasteiger charge is 2.23. The van der Waals surface area contributed by atoms with E-state index < -0.39 is 24.3 Å². The standard InChI is InChI=1S/C29H35N5O8/c1-2-21(18-10-11-24-25(15-18)41-17-40-24)33-27(36)34-23(9-5-6-13-31-28(37)42-29(38)39)26(35)30-14-12-19-16-32-22-8-4-3-7-20(19)22/h3-4,7-8,10-11,15-16,21,23,32H,2,5-6,9,12-14,17H2,1H3,(H,30,35)(H,31,37)(H,38,39)(H2,33,34,36)/t21-,23-/m0/s1. The molecule has 2 aromatic carbocycles. The number of aromatic nitrogens is 1. The van der Waals surface area contributed by atoms with E-state index >= 15 is 0 Å². The number of unbranched alkanes of at least 4 members (excludes halogenated alkanes) is 1. The second-order valence-electron chi connectivity index (χ2n) is 9.72. The lowest BCUT2D eigenvalue weighted by atomic mass is 10.0. The molecule has 4 amide bonds. The summed E-state index contributed by atoms with van der Waals surface area (Å²) in [6.07, 6.45) is 1.56. The van der Waals surface area contributed by atoms with Crippen LogP contribution in [0.4, 0.5) is 14.4 Å². The number of aromatic amines is 1. The highest BCUT2D eigenvalue weighted by Crippen LogP contribution is 2.34. The van der Waals surface area contributed by atoms with E-state index in [1.807, 2.05) is 49.5 Å². The first kappa shape index (κ1) is 30.0. The van der Waals surface area contributed by atoms with Crippen LogP contribution in [0.15, 0.2) is 48.7 Å². The number of hydrogen-bond donors (Lipinski definition) is 6. The summed E-state index contributed by atoms with van der Waals surface area (Å²) < 4.78 is 14.8. The van der Waals surface area contributed by atoms with E-state index in [1.165, 1.54) is 0 Å². The summed E-state index contributed by atoms with van der Waals surface area (Å²) in [5.41, 5.74) is 2.93. The Balaban J connectivity index is 1.33. The number of ether oxygens (including phenoxy) is 3. The van der Waals surface area contributed by atoms with Crippen LogP contribution in [0.25, 0.3) is 10.9 Å². The molecule has 2 atom stereocenters. The molecule has 0 fully saturated rings. The molecule has 4 rings (SSSR count). The fourth-order valence-electron chi connectivity index (χ4n) is 4.74. The summed E-state index contributed by atoms with van der Waals surface area (Å²) in [6.45, 7) is 2.61. The molecule has 0 radical (unpaired) electrons. The van der Waals surface area contributed by atoms with E-state index in [-0.39, 0.29) is 25.3 Å². The predicted octanol–water partition coefficient (Wildman–Crippen LogP) is 3.95. The maximum atomic E-state index is 13.2. The van der Waals surface area contributed by atoms with Gasteiger partial charge in [0.2, 0.25) is 12.7 Å². The monoisotopic (exact) mass is 581 g/mol. The Bertz CT molecular complexity index is 1410. The molecule has 224 valence electrons. The van der Waals surface area contributed by atoms with Gasteiger partial charge in [0.15, 0.2) is 11.5 Å². The number of nitrogens with one attached hydrogen (secondary N) is 5. The van der Waals surface area contributed by atoms with Gasteiger partial charge in [-0.05, 0) is 61.4 Å². The van der Waals surface area contributed by atoms with E-state index in [4.69, 9.17) is 14.6 Å². The van der Waals surface area contributed by atoms with Crippen molar-refractivity contribution in [2.75, 3.05) is 19.9 Å². The zero-order chi connectivity index (χ0) is 29.9. The number of benzene rings is 2. The van der Waals surface area contributed by atoms with Crippen molar-refractivity contribution in [1.82, 2.24) is 26.3 Å². The zero-order valence-corrected chi connectivity index (χ0v) is 23.2. The number of fused-ring (bicyclic) bond motifs is 2. The Labute approximate surface area is 242 Å². The molecule has 2 heterocycles. The van der Waals surface area contributed by atoms with Crippen LogP contribution >= 0.6 is 0 Å². The van der Waals surface area contributed by atoms with Crippen molar-refractivity contribution < 1.29 is 38.5 Å². The van der Waals surface area contributed by atoms with Gasteiger partial charge in [-0.2, -0.15) is 0 Å². The van der Waals surface area contributed by atoms with Gasteiger partial charge < -0.3 is 45.6 Å². The lowest BCUT2D eigenvalue weighted by Crippen LogP contribution is -2.50. The van der Waals surface area contributed by atoms with Crippen LogP contribution in [0, 0.1) is 0 Å². The van der Waals surface area contributed by atoms with E-state index in [9.17, 15) is 19.2 Å². The zero-order valence-electron chi connectivity index (χ0n) is 23.2. The molecule has 1 aliphatic heterocycles. The van der Waals surface area contributed by atoms with Crippen molar-refractivity contribution in [3.05, 3.63) is 59.8 Å². The molecule has 0 saturated heterocycles. The number of urea groups is 1. The number of H-pyrrole nitrogens is 1. The molecule has 0 bridgehead atoms. The summed E-state index contributed by atoms with van der Waals surface area (Å²) in [5, 5.41) is 20.5. The molecule has 13 nitrogen and oxygen atoms in total. The lowest BCUT2D eigenvalue weighted by Gasteiger charge is -2.22. The number of carbonyl (C=O) groups is 4. The van der Waals surface area contributed by atoms with Crippen molar-refractivity contribution in [3.8, 4) is 11.5 Å². The molecular weight excluding hydrogens is 546 g/mol. The first-order chi connectivity index (χ1) is 20.3. The number of para-hydroxylation sites is 1. The van der Waals surface area contributed by atoms with Crippen LogP contribution in [0.1, 0.15) is 49.8 Å². The molecule has 0 unspecified atom stereocenters. The molecule has 0 aliphatic carbocycles.